The molecule has 0 atom stereocenters. The summed E-state index contributed by atoms with van der Waals surface area (Å²) < 4.78 is 12.3. The second-order valence-corrected chi connectivity index (χ2v) is 8.22. The summed E-state index contributed by atoms with van der Waals surface area (Å²) in [5, 5.41) is 3.90. The number of nitrogen functional groups attached to an aromatic ring is 1. The first kappa shape index (κ1) is 21.9. The molecule has 8 heteroatoms. The fourth-order valence-corrected chi connectivity index (χ4v) is 3.64. The lowest BCUT2D eigenvalue weighted by atomic mass is 10.0. The van der Waals surface area contributed by atoms with Crippen molar-refractivity contribution in [2.24, 2.45) is 0 Å². The van der Waals surface area contributed by atoms with Crippen LogP contribution in [0.25, 0.3) is 11.3 Å². The van der Waals surface area contributed by atoms with E-state index in [1.165, 1.54) is 0 Å². The van der Waals surface area contributed by atoms with Crippen LogP contribution >= 0.6 is 27.5 Å². The number of anilines is 3. The van der Waals surface area contributed by atoms with E-state index in [9.17, 15) is 0 Å². The van der Waals surface area contributed by atoms with E-state index in [4.69, 9.17) is 26.8 Å². The number of ether oxygens (including phenoxy) is 2. The number of nitrogens with one attached hydrogen (secondary N) is 1. The predicted octanol–water partition coefficient (Wildman–Crippen LogP) is 6.47. The van der Waals surface area contributed by atoms with Crippen LogP contribution in [0.1, 0.15) is 5.56 Å². The third-order valence-electron chi connectivity index (χ3n) is 4.66. The summed E-state index contributed by atoms with van der Waals surface area (Å²) >= 11 is 9.52. The zero-order valence-electron chi connectivity index (χ0n) is 17.2. The van der Waals surface area contributed by atoms with Gasteiger partial charge in [-0.3, -0.25) is 0 Å². The van der Waals surface area contributed by atoms with Gasteiger partial charge < -0.3 is 20.5 Å². The molecule has 1 aromatic heterocycles. The maximum atomic E-state index is 6.04. The summed E-state index contributed by atoms with van der Waals surface area (Å²) in [5.74, 6) is 2.07. The fourth-order valence-electron chi connectivity index (χ4n) is 3.16. The first-order chi connectivity index (χ1) is 15.5. The molecule has 0 saturated heterocycles. The van der Waals surface area contributed by atoms with Crippen LogP contribution in [0.15, 0.2) is 77.3 Å². The number of hydrogen-bond donors (Lipinski definition) is 2. The van der Waals surface area contributed by atoms with E-state index < -0.39 is 0 Å². The Bertz CT molecular complexity index is 1240. The van der Waals surface area contributed by atoms with Gasteiger partial charge in [0.1, 0.15) is 12.4 Å². The third kappa shape index (κ3) is 5.30. The number of benzene rings is 3. The van der Waals surface area contributed by atoms with Crippen molar-refractivity contribution in [3.63, 3.8) is 0 Å². The molecule has 6 nitrogen and oxygen atoms in total. The molecule has 0 amide bonds. The van der Waals surface area contributed by atoms with Gasteiger partial charge in [-0.2, -0.15) is 4.98 Å². The van der Waals surface area contributed by atoms with Crippen molar-refractivity contribution in [3.05, 3.63) is 87.9 Å². The van der Waals surface area contributed by atoms with Gasteiger partial charge in [0.15, 0.2) is 11.5 Å². The van der Waals surface area contributed by atoms with Gasteiger partial charge >= 0.3 is 0 Å². The van der Waals surface area contributed by atoms with Crippen LogP contribution in [0.5, 0.6) is 11.5 Å². The van der Waals surface area contributed by atoms with Gasteiger partial charge in [0, 0.05) is 26.8 Å². The average Bonchev–Trinajstić information content (AvgIpc) is 2.79. The van der Waals surface area contributed by atoms with Gasteiger partial charge in [-0.15, -0.1) is 0 Å². The van der Waals surface area contributed by atoms with E-state index in [2.05, 4.69) is 31.2 Å². The monoisotopic (exact) mass is 510 g/mol. The Labute approximate surface area is 199 Å². The molecule has 1 heterocycles. The second-order valence-electron chi connectivity index (χ2n) is 6.87. The Morgan fingerprint density at radius 1 is 0.969 bits per heavy atom. The molecular formula is C24H20BrClN4O2. The largest absolute Gasteiger partial charge is 0.493 e. The minimum atomic E-state index is 0.163. The molecule has 0 spiro atoms. The molecular weight excluding hydrogens is 492 g/mol. The predicted molar refractivity (Wildman–Crippen MR) is 132 cm³/mol. The molecule has 0 bridgehead atoms. The summed E-state index contributed by atoms with van der Waals surface area (Å²) in [7, 11) is 1.62. The Morgan fingerprint density at radius 2 is 1.72 bits per heavy atom. The normalized spacial score (nSPS) is 10.6. The third-order valence-corrected chi connectivity index (χ3v) is 5.41. The van der Waals surface area contributed by atoms with E-state index in [0.29, 0.717) is 34.6 Å². The topological polar surface area (TPSA) is 82.3 Å². The number of methoxy groups -OCH3 is 1. The lowest BCUT2D eigenvalue weighted by Crippen LogP contribution is -2.04. The molecule has 0 fully saturated rings. The van der Waals surface area contributed by atoms with Gasteiger partial charge in [0.2, 0.25) is 5.95 Å². The van der Waals surface area contributed by atoms with Crippen LogP contribution < -0.4 is 20.5 Å². The van der Waals surface area contributed by atoms with Gasteiger partial charge in [0.25, 0.3) is 0 Å². The zero-order valence-corrected chi connectivity index (χ0v) is 19.5. The minimum Gasteiger partial charge on any atom is -0.493 e. The zero-order chi connectivity index (χ0) is 22.5. The fraction of sp³-hybridized carbons (Fsp3) is 0.0833. The Morgan fingerprint density at radius 3 is 2.47 bits per heavy atom. The first-order valence-electron chi connectivity index (χ1n) is 9.73. The van der Waals surface area contributed by atoms with Crippen molar-refractivity contribution >= 4 is 45.0 Å². The van der Waals surface area contributed by atoms with E-state index in [1.807, 2.05) is 60.7 Å². The quantitative estimate of drug-likeness (QED) is 0.296. The van der Waals surface area contributed by atoms with Crippen molar-refractivity contribution in [1.82, 2.24) is 9.97 Å². The number of para-hydroxylation sites is 2. The van der Waals surface area contributed by atoms with Crippen LogP contribution in [0.4, 0.5) is 17.5 Å². The number of nitrogens with zero attached hydrogens (tertiary/aromatic N) is 2. The SMILES string of the molecule is COc1ccccc1OCc1ccc(Br)cc1-c1cc(Nc2ccc(Cl)cc2)nc(N)n1. The van der Waals surface area contributed by atoms with Crippen LogP contribution in [-0.2, 0) is 6.61 Å². The molecule has 3 N–H and O–H groups in total. The Hall–Kier alpha value is -3.29. The first-order valence-corrected chi connectivity index (χ1v) is 10.9. The summed E-state index contributed by atoms with van der Waals surface area (Å²) in [6, 6.07) is 22.6. The minimum absolute atomic E-state index is 0.163. The van der Waals surface area contributed by atoms with E-state index >= 15 is 0 Å². The highest BCUT2D eigenvalue weighted by Crippen LogP contribution is 2.31. The Balaban J connectivity index is 1.65. The van der Waals surface area contributed by atoms with Gasteiger partial charge in [-0.1, -0.05) is 45.7 Å². The molecule has 3 aromatic carbocycles. The molecule has 162 valence electrons. The van der Waals surface area contributed by atoms with Gasteiger partial charge in [0.05, 0.1) is 12.8 Å². The van der Waals surface area contributed by atoms with Crippen molar-refractivity contribution < 1.29 is 9.47 Å². The molecule has 4 aromatic rings. The van der Waals surface area contributed by atoms with Crippen molar-refractivity contribution in [2.45, 2.75) is 6.61 Å². The molecule has 32 heavy (non-hydrogen) atoms. The van der Waals surface area contributed by atoms with Crippen LogP contribution in [0.3, 0.4) is 0 Å². The van der Waals surface area contributed by atoms with Gasteiger partial charge in [-0.25, -0.2) is 4.98 Å². The maximum Gasteiger partial charge on any atom is 0.222 e. The highest BCUT2D eigenvalue weighted by Gasteiger charge is 2.13. The highest BCUT2D eigenvalue weighted by atomic mass is 79.9. The maximum absolute atomic E-state index is 6.04. The summed E-state index contributed by atoms with van der Waals surface area (Å²) in [6.45, 7) is 0.326. The summed E-state index contributed by atoms with van der Waals surface area (Å²) in [5.41, 5.74) is 9.35. The summed E-state index contributed by atoms with van der Waals surface area (Å²) in [6.07, 6.45) is 0. The molecule has 0 aliphatic heterocycles. The number of nitrogens with two attached hydrogens (primary N) is 1. The lowest BCUT2D eigenvalue weighted by molar-refractivity contribution is 0.285. The molecule has 4 rings (SSSR count). The number of aromatic nitrogens is 2. The smallest absolute Gasteiger partial charge is 0.222 e. The number of hydrogen-bond acceptors (Lipinski definition) is 6. The number of rotatable bonds is 7. The second kappa shape index (κ2) is 9.89. The lowest BCUT2D eigenvalue weighted by Gasteiger charge is -2.14. The molecule has 0 aliphatic carbocycles. The standard InChI is InChI=1S/C24H20BrClN4O2/c1-31-21-4-2-3-5-22(21)32-14-15-6-7-16(25)12-19(15)20-13-23(30-24(27)29-20)28-18-10-8-17(26)9-11-18/h2-13H,14H2,1H3,(H3,27,28,29,30). The highest BCUT2D eigenvalue weighted by molar-refractivity contribution is 9.10. The van der Waals surface area contributed by atoms with Crippen molar-refractivity contribution in [3.8, 4) is 22.8 Å². The van der Waals surface area contributed by atoms with Gasteiger partial charge in [-0.05, 0) is 54.1 Å². The van der Waals surface area contributed by atoms with E-state index in [0.717, 1.165) is 21.3 Å². The number of halogens is 2. The van der Waals surface area contributed by atoms with Crippen LogP contribution in [-0.4, -0.2) is 17.1 Å². The molecule has 0 unspecified atom stereocenters. The molecule has 0 radical (unpaired) electrons. The van der Waals surface area contributed by atoms with Crippen LogP contribution in [0.2, 0.25) is 5.02 Å². The molecule has 0 aliphatic rings. The molecule has 0 saturated carbocycles. The van der Waals surface area contributed by atoms with E-state index in [-0.39, 0.29) is 5.95 Å². The Kier molecular flexibility index (Phi) is 6.78. The van der Waals surface area contributed by atoms with E-state index in [1.54, 1.807) is 19.2 Å². The average molecular weight is 512 g/mol. The van der Waals surface area contributed by atoms with Crippen molar-refractivity contribution in [2.75, 3.05) is 18.2 Å². The summed E-state index contributed by atoms with van der Waals surface area (Å²) in [4.78, 5) is 8.76. The van der Waals surface area contributed by atoms with Crippen LogP contribution in [0, 0.1) is 0 Å². The van der Waals surface area contributed by atoms with Crippen molar-refractivity contribution in [1.29, 1.82) is 0 Å².